The molecule has 0 fully saturated rings. The molecule has 1 atom stereocenters. The molecule has 0 aliphatic carbocycles. The fraction of sp³-hybridized carbons (Fsp3) is 0.462. The van der Waals surface area contributed by atoms with Gasteiger partial charge >= 0.3 is 0 Å². The van der Waals surface area contributed by atoms with Gasteiger partial charge in [0.1, 0.15) is 0 Å². The first-order valence-corrected chi connectivity index (χ1v) is 6.02. The number of amides is 1. The largest absolute Gasteiger partial charge is 0.394 e. The van der Waals surface area contributed by atoms with Crippen LogP contribution in [-0.2, 0) is 0 Å². The van der Waals surface area contributed by atoms with E-state index in [4.69, 9.17) is 5.11 Å². The zero-order valence-corrected chi connectivity index (χ0v) is 11.0. The minimum absolute atomic E-state index is 0.138. The molecule has 0 aliphatic rings. The second-order valence-corrected chi connectivity index (χ2v) is 4.83. The van der Waals surface area contributed by atoms with E-state index in [2.05, 4.69) is 5.32 Å². The molecule has 0 aromatic heterocycles. The molecule has 20 heavy (non-hydrogen) atoms. The van der Waals surface area contributed by atoms with Crippen molar-refractivity contribution in [2.45, 2.75) is 26.3 Å². The maximum Gasteiger partial charge on any atom is 0.254 e. The molecule has 1 aromatic rings. The predicted molar refractivity (Wildman–Crippen MR) is 64.1 cm³/mol. The lowest BCUT2D eigenvalue weighted by molar-refractivity contribution is 0.0902. The van der Waals surface area contributed by atoms with Crippen LogP contribution in [0, 0.1) is 29.2 Å². The number of nitrogens with one attached hydrogen (secondary N) is 1. The van der Waals surface area contributed by atoms with Gasteiger partial charge in [-0.1, -0.05) is 13.8 Å². The number of benzene rings is 1. The van der Waals surface area contributed by atoms with Crippen LogP contribution in [-0.4, -0.2) is 23.7 Å². The summed E-state index contributed by atoms with van der Waals surface area (Å²) in [6.45, 7) is 3.27. The highest BCUT2D eigenvalue weighted by atomic mass is 19.2. The first-order chi connectivity index (χ1) is 9.27. The van der Waals surface area contributed by atoms with Gasteiger partial charge in [-0.25, -0.2) is 17.6 Å². The molecule has 1 rings (SSSR count). The summed E-state index contributed by atoms with van der Waals surface area (Å²) in [6, 6.07) is -0.398. The Morgan fingerprint density at radius 3 is 2.30 bits per heavy atom. The van der Waals surface area contributed by atoms with E-state index >= 15 is 0 Å². The Morgan fingerprint density at radius 1 is 1.20 bits per heavy atom. The van der Waals surface area contributed by atoms with Crippen LogP contribution >= 0.6 is 0 Å². The molecule has 3 nitrogen and oxygen atoms in total. The van der Waals surface area contributed by atoms with Crippen molar-refractivity contribution in [2.75, 3.05) is 6.61 Å². The van der Waals surface area contributed by atoms with Gasteiger partial charge in [0.05, 0.1) is 18.2 Å². The summed E-state index contributed by atoms with van der Waals surface area (Å²) in [6.07, 6.45) is 0.399. The summed E-state index contributed by atoms with van der Waals surface area (Å²) in [5, 5.41) is 11.3. The second kappa shape index (κ2) is 6.69. The SMILES string of the molecule is CC(C)CC(CO)NC(=O)c1cc(F)c(F)c(F)c1F. The van der Waals surface area contributed by atoms with Gasteiger partial charge in [-0.05, 0) is 18.4 Å². The van der Waals surface area contributed by atoms with Crippen LogP contribution in [0.25, 0.3) is 0 Å². The Balaban J connectivity index is 2.98. The molecule has 0 radical (unpaired) electrons. The van der Waals surface area contributed by atoms with Gasteiger partial charge in [-0.3, -0.25) is 4.79 Å². The molecular formula is C13H15F4NO2. The lowest BCUT2D eigenvalue weighted by atomic mass is 10.0. The highest BCUT2D eigenvalue weighted by Gasteiger charge is 2.24. The van der Waals surface area contributed by atoms with Gasteiger partial charge < -0.3 is 10.4 Å². The molecule has 0 heterocycles. The van der Waals surface area contributed by atoms with Gasteiger partial charge in [0.25, 0.3) is 5.91 Å². The summed E-state index contributed by atoms with van der Waals surface area (Å²) in [5.74, 6) is -8.40. The number of carbonyl (C=O) groups is 1. The molecule has 112 valence electrons. The summed E-state index contributed by atoms with van der Waals surface area (Å²) in [4.78, 5) is 11.7. The summed E-state index contributed by atoms with van der Waals surface area (Å²) >= 11 is 0. The van der Waals surface area contributed by atoms with Gasteiger partial charge in [-0.2, -0.15) is 0 Å². The molecule has 0 spiro atoms. The Morgan fingerprint density at radius 2 is 1.80 bits per heavy atom. The maximum atomic E-state index is 13.4. The average Bonchev–Trinajstić information content (AvgIpc) is 2.38. The van der Waals surface area contributed by atoms with Crippen LogP contribution in [0.2, 0.25) is 0 Å². The lowest BCUT2D eigenvalue weighted by Gasteiger charge is -2.18. The normalized spacial score (nSPS) is 12.6. The smallest absolute Gasteiger partial charge is 0.254 e. The molecule has 2 N–H and O–H groups in total. The Kier molecular flexibility index (Phi) is 5.50. The molecule has 1 unspecified atom stereocenters. The third kappa shape index (κ3) is 3.69. The van der Waals surface area contributed by atoms with Gasteiger partial charge in [0.15, 0.2) is 23.3 Å². The van der Waals surface area contributed by atoms with E-state index in [1.165, 1.54) is 0 Å². The fourth-order valence-corrected chi connectivity index (χ4v) is 1.75. The molecule has 0 saturated heterocycles. The van der Waals surface area contributed by atoms with Crippen LogP contribution < -0.4 is 5.32 Å². The van der Waals surface area contributed by atoms with E-state index in [-0.39, 0.29) is 12.0 Å². The lowest BCUT2D eigenvalue weighted by Crippen LogP contribution is -2.39. The minimum Gasteiger partial charge on any atom is -0.394 e. The van der Waals surface area contributed by atoms with Crippen molar-refractivity contribution in [1.29, 1.82) is 0 Å². The summed E-state index contributed by atoms with van der Waals surface area (Å²) < 4.78 is 52.2. The number of halogens is 4. The van der Waals surface area contributed by atoms with E-state index in [1.807, 2.05) is 13.8 Å². The first kappa shape index (κ1) is 16.4. The predicted octanol–water partition coefficient (Wildman–Crippen LogP) is 2.38. The zero-order chi connectivity index (χ0) is 15.4. The summed E-state index contributed by atoms with van der Waals surface area (Å²) in [7, 11) is 0. The quantitative estimate of drug-likeness (QED) is 0.497. The number of carbonyl (C=O) groups excluding carboxylic acids is 1. The van der Waals surface area contributed by atoms with Crippen LogP contribution in [0.3, 0.4) is 0 Å². The van der Waals surface area contributed by atoms with Crippen molar-refractivity contribution in [3.63, 3.8) is 0 Å². The minimum atomic E-state index is -2.04. The first-order valence-electron chi connectivity index (χ1n) is 6.02. The topological polar surface area (TPSA) is 49.3 Å². The molecule has 0 saturated carbocycles. The number of aliphatic hydroxyl groups is 1. The zero-order valence-electron chi connectivity index (χ0n) is 11.0. The van der Waals surface area contributed by atoms with Crippen molar-refractivity contribution in [1.82, 2.24) is 5.32 Å². The van der Waals surface area contributed by atoms with Crippen molar-refractivity contribution in [2.24, 2.45) is 5.92 Å². The third-order valence-electron chi connectivity index (χ3n) is 2.66. The van der Waals surface area contributed by atoms with Crippen molar-refractivity contribution < 1.29 is 27.5 Å². The molecule has 0 bridgehead atoms. The Labute approximate surface area is 113 Å². The van der Waals surface area contributed by atoms with E-state index in [1.54, 1.807) is 0 Å². The second-order valence-electron chi connectivity index (χ2n) is 4.83. The molecule has 7 heteroatoms. The standard InChI is InChI=1S/C13H15F4NO2/c1-6(2)3-7(5-19)18-13(20)8-4-9(14)11(16)12(17)10(8)15/h4,6-7,19H,3,5H2,1-2H3,(H,18,20). The van der Waals surface area contributed by atoms with Crippen molar-refractivity contribution in [3.8, 4) is 0 Å². The molecular weight excluding hydrogens is 278 g/mol. The van der Waals surface area contributed by atoms with E-state index in [0.29, 0.717) is 6.42 Å². The number of hydrogen-bond acceptors (Lipinski definition) is 2. The fourth-order valence-electron chi connectivity index (χ4n) is 1.75. The number of hydrogen-bond donors (Lipinski definition) is 2. The van der Waals surface area contributed by atoms with Crippen LogP contribution in [0.15, 0.2) is 6.07 Å². The van der Waals surface area contributed by atoms with Crippen molar-refractivity contribution in [3.05, 3.63) is 34.9 Å². The van der Waals surface area contributed by atoms with Gasteiger partial charge in [-0.15, -0.1) is 0 Å². The van der Waals surface area contributed by atoms with Gasteiger partial charge in [0, 0.05) is 0 Å². The monoisotopic (exact) mass is 293 g/mol. The van der Waals surface area contributed by atoms with E-state index in [0.717, 1.165) is 0 Å². The highest BCUT2D eigenvalue weighted by Crippen LogP contribution is 2.19. The molecule has 1 amide bonds. The Hall–Kier alpha value is -1.63. The maximum absolute atomic E-state index is 13.4. The average molecular weight is 293 g/mol. The van der Waals surface area contributed by atoms with Crippen molar-refractivity contribution >= 4 is 5.91 Å². The summed E-state index contributed by atoms with van der Waals surface area (Å²) in [5.41, 5.74) is -0.941. The van der Waals surface area contributed by atoms with Crippen LogP contribution in [0.1, 0.15) is 30.6 Å². The highest BCUT2D eigenvalue weighted by molar-refractivity contribution is 5.94. The van der Waals surface area contributed by atoms with Crippen LogP contribution in [0.4, 0.5) is 17.6 Å². The molecule has 0 aliphatic heterocycles. The van der Waals surface area contributed by atoms with E-state index < -0.39 is 47.4 Å². The molecule has 1 aromatic carbocycles. The number of rotatable bonds is 5. The van der Waals surface area contributed by atoms with Crippen LogP contribution in [0.5, 0.6) is 0 Å². The van der Waals surface area contributed by atoms with E-state index in [9.17, 15) is 22.4 Å². The third-order valence-corrected chi connectivity index (χ3v) is 2.66. The number of aliphatic hydroxyl groups excluding tert-OH is 1. The Bertz CT molecular complexity index is 506. The van der Waals surface area contributed by atoms with Gasteiger partial charge in [0.2, 0.25) is 0 Å².